The van der Waals surface area contributed by atoms with Crippen LogP contribution in [0.4, 0.5) is 0 Å². The number of ether oxygens (including phenoxy) is 2. The fraction of sp³-hybridized carbons (Fsp3) is 0.769. The van der Waals surface area contributed by atoms with E-state index in [1.807, 2.05) is 12.2 Å². The van der Waals surface area contributed by atoms with Gasteiger partial charge in [-0.25, -0.2) is 18.0 Å². The monoisotopic (exact) mass is 881 g/mol. The van der Waals surface area contributed by atoms with Gasteiger partial charge in [0.1, 0.15) is 10.1 Å². The van der Waals surface area contributed by atoms with Crippen molar-refractivity contribution in [2.24, 2.45) is 0 Å². The molecule has 0 spiro atoms. The average molecular weight is 881 g/mol. The molecule has 0 aliphatic heterocycles. The summed E-state index contributed by atoms with van der Waals surface area (Å²) in [5, 5.41) is 0. The Balaban J connectivity index is 0.0000360. The van der Waals surface area contributed by atoms with Crippen LogP contribution in [0.15, 0.2) is 47.4 Å². The van der Waals surface area contributed by atoms with Crippen molar-refractivity contribution in [3.63, 3.8) is 0 Å². The molecule has 0 unspecified atom stereocenters. The number of rotatable bonds is 43. The van der Waals surface area contributed by atoms with Crippen LogP contribution in [0.2, 0.25) is 0 Å². The third kappa shape index (κ3) is 35.6. The van der Waals surface area contributed by atoms with Crippen molar-refractivity contribution in [2.45, 2.75) is 250 Å². The van der Waals surface area contributed by atoms with E-state index in [1.54, 1.807) is 0 Å². The Labute approximate surface area is 397 Å². The molecule has 0 bridgehead atoms. The molecule has 9 heteroatoms. The molecule has 0 heterocycles. The molecule has 346 valence electrons. The van der Waals surface area contributed by atoms with Crippen molar-refractivity contribution in [1.29, 1.82) is 0 Å². The van der Waals surface area contributed by atoms with Gasteiger partial charge >= 0.3 is 41.5 Å². The van der Waals surface area contributed by atoms with E-state index in [-0.39, 0.29) is 48.3 Å². The summed E-state index contributed by atoms with van der Waals surface area (Å²) in [5.74, 6) is -1.89. The fourth-order valence-corrected chi connectivity index (χ4v) is 8.49. The Hall–Kier alpha value is -1.45. The molecule has 0 amide bonds. The van der Waals surface area contributed by atoms with Crippen molar-refractivity contribution in [1.82, 2.24) is 0 Å². The summed E-state index contributed by atoms with van der Waals surface area (Å²) < 4.78 is 46.7. The molecule has 61 heavy (non-hydrogen) atoms. The maximum Gasteiger partial charge on any atom is 1.00 e. The first-order chi connectivity index (χ1) is 29.3. The summed E-state index contributed by atoms with van der Waals surface area (Å²) in [7, 11) is -5.04. The third-order valence-electron chi connectivity index (χ3n) is 11.5. The van der Waals surface area contributed by atoms with Crippen LogP contribution in [0.3, 0.4) is 0 Å². The quantitative estimate of drug-likeness (QED) is 0.0211. The van der Waals surface area contributed by atoms with Crippen molar-refractivity contribution in [3.05, 3.63) is 53.6 Å². The predicted octanol–water partition coefficient (Wildman–Crippen LogP) is 13.1. The van der Waals surface area contributed by atoms with Crippen LogP contribution in [-0.2, 0) is 19.6 Å². The molecule has 0 aromatic heterocycles. The number of unbranched alkanes of at least 4 members (excludes halogenated alkanes) is 32. The smallest absolute Gasteiger partial charge is 0.744 e. The molecule has 0 N–H and O–H groups in total. The molecule has 0 aliphatic rings. The summed E-state index contributed by atoms with van der Waals surface area (Å²) in [5.41, 5.74) is -0.846. The van der Waals surface area contributed by atoms with Crippen LogP contribution in [0.5, 0.6) is 0 Å². The minimum atomic E-state index is -5.04. The Morgan fingerprint density at radius 3 is 1.08 bits per heavy atom. The van der Waals surface area contributed by atoms with Gasteiger partial charge in [0.25, 0.3) is 0 Å². The van der Waals surface area contributed by atoms with Gasteiger partial charge in [0.15, 0.2) is 0 Å². The molecule has 1 rings (SSSR count). The van der Waals surface area contributed by atoms with E-state index in [0.717, 1.165) is 31.7 Å². The van der Waals surface area contributed by atoms with Gasteiger partial charge in [-0.2, -0.15) is 0 Å². The van der Waals surface area contributed by atoms with Crippen molar-refractivity contribution >= 4 is 22.1 Å². The van der Waals surface area contributed by atoms with Gasteiger partial charge in [0, 0.05) is 0 Å². The zero-order valence-electron chi connectivity index (χ0n) is 39.7. The Morgan fingerprint density at radius 2 is 0.754 bits per heavy atom. The Morgan fingerprint density at radius 1 is 0.459 bits per heavy atom. The molecular weight excluding hydrogens is 792 g/mol. The zero-order valence-corrected chi connectivity index (χ0v) is 42.5. The summed E-state index contributed by atoms with van der Waals surface area (Å²) in [4.78, 5) is 25.2. The number of esters is 2. The van der Waals surface area contributed by atoms with E-state index < -0.39 is 32.5 Å². The number of benzene rings is 1. The van der Waals surface area contributed by atoms with E-state index in [2.05, 4.69) is 26.0 Å². The van der Waals surface area contributed by atoms with Gasteiger partial charge < -0.3 is 14.0 Å². The largest absolute Gasteiger partial charge is 1.00 e. The van der Waals surface area contributed by atoms with E-state index >= 15 is 0 Å². The van der Waals surface area contributed by atoms with Gasteiger partial charge in [0.2, 0.25) is 0 Å². The molecule has 0 aliphatic carbocycles. The first-order valence-electron chi connectivity index (χ1n) is 25.1. The summed E-state index contributed by atoms with van der Waals surface area (Å²) in [6.45, 7) is 4.61. The minimum Gasteiger partial charge on any atom is -0.744 e. The van der Waals surface area contributed by atoms with Gasteiger partial charge in [0.05, 0.1) is 29.2 Å². The molecule has 1 aromatic rings. The third-order valence-corrected chi connectivity index (χ3v) is 12.4. The SMILES string of the molecule is CCCCCCCCCCCCCCCCCC/C=C/CCOC(=O)c1cccc(S(=O)(=O)[O-])c1C(=O)OCC/C=C/CCCCCCCCCCCCCCCCCC.[Na+]. The average Bonchev–Trinajstić information content (AvgIpc) is 3.24. The second-order valence-corrected chi connectivity index (χ2v) is 18.5. The second kappa shape index (κ2) is 43.8. The van der Waals surface area contributed by atoms with E-state index in [4.69, 9.17) is 9.47 Å². The second-order valence-electron chi connectivity index (χ2n) is 17.1. The molecule has 1 aromatic carbocycles. The summed E-state index contributed by atoms with van der Waals surface area (Å²) in [6, 6.07) is 3.57. The Kier molecular flexibility index (Phi) is 42.7. The van der Waals surface area contributed by atoms with E-state index in [1.165, 1.54) is 205 Å². The number of carbonyl (C=O) groups excluding carboxylic acids is 2. The van der Waals surface area contributed by atoms with E-state index in [0.29, 0.717) is 12.8 Å². The van der Waals surface area contributed by atoms with E-state index in [9.17, 15) is 22.6 Å². The number of hydrogen-bond acceptors (Lipinski definition) is 7. The zero-order chi connectivity index (χ0) is 43.6. The van der Waals surface area contributed by atoms with Crippen LogP contribution >= 0.6 is 0 Å². The first kappa shape index (κ1) is 59.5. The summed E-state index contributed by atoms with van der Waals surface area (Å²) in [6.07, 6.45) is 53.9. The predicted molar refractivity (Wildman–Crippen MR) is 251 cm³/mol. The fourth-order valence-electron chi connectivity index (χ4n) is 7.80. The van der Waals surface area contributed by atoms with Crippen molar-refractivity contribution in [2.75, 3.05) is 13.2 Å². The van der Waals surface area contributed by atoms with Gasteiger partial charge in [-0.1, -0.05) is 237 Å². The van der Waals surface area contributed by atoms with Gasteiger partial charge in [-0.05, 0) is 50.7 Å². The van der Waals surface area contributed by atoms with Crippen LogP contribution in [0, 0.1) is 0 Å². The number of allylic oxidation sites excluding steroid dienone is 2. The molecule has 0 atom stereocenters. The van der Waals surface area contributed by atoms with Crippen LogP contribution < -0.4 is 29.6 Å². The molecule has 0 saturated carbocycles. The molecule has 0 saturated heterocycles. The van der Waals surface area contributed by atoms with Gasteiger partial charge in [-0.15, -0.1) is 0 Å². The summed E-state index contributed by atoms with van der Waals surface area (Å²) >= 11 is 0. The maximum atomic E-state index is 13.0. The standard InChI is InChI=1S/C52H90O7S.Na/c1-3-5-7-9-11-13-15-17-19-21-23-25-27-29-31-33-35-37-39-41-46-58-51(53)48-44-43-45-49(60(55,56)57)50(48)52(54)59-47-42-40-38-36-34-32-30-28-26-24-22-20-18-16-14-12-10-8-6-4-2;/h37-40,43-45H,3-36,41-42,46-47H2,1-2H3,(H,55,56,57);/q;+1/p-1/b39-37+,40-38+;. The first-order valence-corrected chi connectivity index (χ1v) is 26.5. The number of hydrogen-bond donors (Lipinski definition) is 0. The minimum absolute atomic E-state index is 0. The Bertz CT molecular complexity index is 1340. The van der Waals surface area contributed by atoms with Crippen LogP contribution in [0.1, 0.15) is 266 Å². The topological polar surface area (TPSA) is 110 Å². The van der Waals surface area contributed by atoms with Gasteiger partial charge in [-0.3, -0.25) is 0 Å². The van der Waals surface area contributed by atoms with Crippen LogP contribution in [0.25, 0.3) is 0 Å². The van der Waals surface area contributed by atoms with Crippen LogP contribution in [-0.4, -0.2) is 38.1 Å². The number of carbonyl (C=O) groups is 2. The van der Waals surface area contributed by atoms with Crippen molar-refractivity contribution in [3.8, 4) is 0 Å². The molecule has 7 nitrogen and oxygen atoms in total. The molecular formula is C52H89NaO7S. The molecule has 0 fully saturated rings. The molecule has 0 radical (unpaired) electrons. The normalized spacial score (nSPS) is 11.7. The maximum absolute atomic E-state index is 13.0. The van der Waals surface area contributed by atoms with Crippen molar-refractivity contribution < 1.29 is 61.6 Å².